The third kappa shape index (κ3) is 3.88. The van der Waals surface area contributed by atoms with Crippen LogP contribution in [-0.4, -0.2) is 48.2 Å². The molecule has 0 bridgehead atoms. The van der Waals surface area contributed by atoms with E-state index in [1.165, 1.54) is 32.4 Å². The number of aromatic hydroxyl groups is 1. The molecule has 2 N–H and O–H groups in total. The minimum Gasteiger partial charge on any atom is -0.504 e. The molecular formula is C18H27N3O4. The first-order valence-electron chi connectivity index (χ1n) is 9.12. The molecule has 1 atom stereocenters. The molecule has 0 aromatic heterocycles. The number of piperazine rings is 1. The van der Waals surface area contributed by atoms with E-state index < -0.39 is 4.92 Å². The van der Waals surface area contributed by atoms with Crippen LogP contribution in [0.5, 0.6) is 11.5 Å². The molecule has 1 saturated heterocycles. The van der Waals surface area contributed by atoms with Crippen LogP contribution >= 0.6 is 0 Å². The summed E-state index contributed by atoms with van der Waals surface area (Å²) >= 11 is 0. The highest BCUT2D eigenvalue weighted by Gasteiger charge is 2.34. The summed E-state index contributed by atoms with van der Waals surface area (Å²) < 4.78 is 5.22. The van der Waals surface area contributed by atoms with Crippen molar-refractivity contribution in [2.45, 2.75) is 38.1 Å². The Morgan fingerprint density at radius 3 is 2.56 bits per heavy atom. The number of nitro groups is 1. The molecule has 25 heavy (non-hydrogen) atoms. The first kappa shape index (κ1) is 17.9. The van der Waals surface area contributed by atoms with Crippen molar-refractivity contribution in [3.05, 3.63) is 27.8 Å². The first-order valence-corrected chi connectivity index (χ1v) is 9.12. The van der Waals surface area contributed by atoms with Crippen LogP contribution in [0.1, 0.15) is 43.7 Å². The molecular weight excluding hydrogens is 322 g/mol. The summed E-state index contributed by atoms with van der Waals surface area (Å²) in [7, 11) is 1.43. The number of benzene rings is 1. The monoisotopic (exact) mass is 349 g/mol. The van der Waals surface area contributed by atoms with Gasteiger partial charge in [0, 0.05) is 43.9 Å². The number of methoxy groups -OCH3 is 1. The molecule has 2 aliphatic rings. The van der Waals surface area contributed by atoms with Gasteiger partial charge in [-0.25, -0.2) is 0 Å². The largest absolute Gasteiger partial charge is 0.504 e. The third-order valence-corrected chi connectivity index (χ3v) is 5.48. The standard InChI is InChI=1S/C18H27N3O4/c1-25-16-12-14(21(23)24)11-15(18(16)22)17(13-5-3-2-4-6-13)20-9-7-19-8-10-20/h11-13,17,19,22H,2-10H2,1H3/t17-/m1/s1. The first-order chi connectivity index (χ1) is 12.1. The molecule has 1 aromatic rings. The zero-order valence-electron chi connectivity index (χ0n) is 14.7. The molecule has 1 heterocycles. The van der Waals surface area contributed by atoms with Gasteiger partial charge in [-0.15, -0.1) is 0 Å². The van der Waals surface area contributed by atoms with Gasteiger partial charge < -0.3 is 15.2 Å². The predicted octanol–water partition coefficient (Wildman–Crippen LogP) is 2.84. The van der Waals surface area contributed by atoms with Crippen molar-refractivity contribution >= 4 is 5.69 Å². The van der Waals surface area contributed by atoms with E-state index in [0.29, 0.717) is 11.5 Å². The molecule has 138 valence electrons. The van der Waals surface area contributed by atoms with Crippen LogP contribution < -0.4 is 10.1 Å². The molecule has 1 aliphatic heterocycles. The third-order valence-electron chi connectivity index (χ3n) is 5.48. The fraction of sp³-hybridized carbons (Fsp3) is 0.667. The molecule has 7 heteroatoms. The minimum absolute atomic E-state index is 0.00352. The van der Waals surface area contributed by atoms with Gasteiger partial charge in [0.1, 0.15) is 0 Å². The Balaban J connectivity index is 2.04. The quantitative estimate of drug-likeness (QED) is 0.628. The van der Waals surface area contributed by atoms with Crippen molar-refractivity contribution in [3.63, 3.8) is 0 Å². The number of ether oxygens (including phenoxy) is 1. The van der Waals surface area contributed by atoms with E-state index in [-0.39, 0.29) is 23.2 Å². The normalized spacial score (nSPS) is 21.0. The summed E-state index contributed by atoms with van der Waals surface area (Å²) in [6.07, 6.45) is 5.80. The maximum absolute atomic E-state index is 11.4. The van der Waals surface area contributed by atoms with Crippen molar-refractivity contribution in [1.82, 2.24) is 10.2 Å². The van der Waals surface area contributed by atoms with Gasteiger partial charge in [-0.1, -0.05) is 19.3 Å². The van der Waals surface area contributed by atoms with E-state index >= 15 is 0 Å². The maximum atomic E-state index is 11.4. The van der Waals surface area contributed by atoms with E-state index in [0.717, 1.165) is 39.0 Å². The van der Waals surface area contributed by atoms with E-state index in [1.807, 2.05) is 0 Å². The molecule has 1 aliphatic carbocycles. The predicted molar refractivity (Wildman–Crippen MR) is 95.1 cm³/mol. The number of nitrogens with one attached hydrogen (secondary N) is 1. The van der Waals surface area contributed by atoms with Crippen LogP contribution in [0.4, 0.5) is 5.69 Å². The molecule has 0 unspecified atom stereocenters. The van der Waals surface area contributed by atoms with E-state index in [1.54, 1.807) is 6.07 Å². The van der Waals surface area contributed by atoms with Crippen LogP contribution in [-0.2, 0) is 0 Å². The lowest BCUT2D eigenvalue weighted by Crippen LogP contribution is -2.47. The lowest BCUT2D eigenvalue weighted by molar-refractivity contribution is -0.385. The van der Waals surface area contributed by atoms with Crippen molar-refractivity contribution < 1.29 is 14.8 Å². The van der Waals surface area contributed by atoms with Crippen LogP contribution in [0.15, 0.2) is 12.1 Å². The number of hydrogen-bond acceptors (Lipinski definition) is 6. The molecule has 2 fully saturated rings. The maximum Gasteiger partial charge on any atom is 0.273 e. The van der Waals surface area contributed by atoms with E-state index in [4.69, 9.17) is 4.74 Å². The van der Waals surface area contributed by atoms with Gasteiger partial charge in [-0.3, -0.25) is 15.0 Å². The Hall–Kier alpha value is -1.86. The number of nitro benzene ring substituents is 1. The number of phenols is 1. The average Bonchev–Trinajstić information content (AvgIpc) is 2.65. The second-order valence-electron chi connectivity index (χ2n) is 6.97. The van der Waals surface area contributed by atoms with Gasteiger partial charge in [0.25, 0.3) is 5.69 Å². The zero-order chi connectivity index (χ0) is 17.8. The number of phenolic OH excluding ortho intramolecular Hbond substituents is 1. The molecule has 0 radical (unpaired) electrons. The SMILES string of the molecule is COc1cc([N+](=O)[O-])cc([C@@H](C2CCCCC2)N2CCNCC2)c1O. The molecule has 1 saturated carbocycles. The van der Waals surface area contributed by atoms with E-state index in [9.17, 15) is 15.2 Å². The number of non-ortho nitro benzene ring substituents is 1. The summed E-state index contributed by atoms with van der Waals surface area (Å²) in [5, 5.41) is 25.4. The topological polar surface area (TPSA) is 87.9 Å². The van der Waals surface area contributed by atoms with Crippen LogP contribution in [0, 0.1) is 16.0 Å². The Morgan fingerprint density at radius 1 is 1.28 bits per heavy atom. The highest BCUT2D eigenvalue weighted by molar-refractivity contribution is 5.55. The fourth-order valence-corrected chi connectivity index (χ4v) is 4.26. The summed E-state index contributed by atoms with van der Waals surface area (Å²) in [5.41, 5.74) is 0.612. The zero-order valence-corrected chi connectivity index (χ0v) is 14.7. The van der Waals surface area contributed by atoms with Gasteiger partial charge in [0.05, 0.1) is 18.1 Å². The van der Waals surface area contributed by atoms with Gasteiger partial charge in [0.2, 0.25) is 0 Å². The number of rotatable bonds is 5. The van der Waals surface area contributed by atoms with Gasteiger partial charge in [-0.2, -0.15) is 0 Å². The van der Waals surface area contributed by atoms with Gasteiger partial charge in [-0.05, 0) is 18.8 Å². The second-order valence-corrected chi connectivity index (χ2v) is 6.97. The fourth-order valence-electron chi connectivity index (χ4n) is 4.26. The Labute approximate surface area is 148 Å². The van der Waals surface area contributed by atoms with Crippen LogP contribution in [0.3, 0.4) is 0 Å². The van der Waals surface area contributed by atoms with Crippen LogP contribution in [0.2, 0.25) is 0 Å². The Morgan fingerprint density at radius 2 is 1.96 bits per heavy atom. The summed E-state index contributed by atoms with van der Waals surface area (Å²) in [4.78, 5) is 13.3. The average molecular weight is 349 g/mol. The van der Waals surface area contributed by atoms with Crippen molar-refractivity contribution in [1.29, 1.82) is 0 Å². The highest BCUT2D eigenvalue weighted by atomic mass is 16.6. The summed E-state index contributed by atoms with van der Waals surface area (Å²) in [6.45, 7) is 3.56. The minimum atomic E-state index is -0.416. The second kappa shape index (κ2) is 8.01. The Kier molecular flexibility index (Phi) is 5.75. The number of nitrogens with zero attached hydrogens (tertiary/aromatic N) is 2. The lowest BCUT2D eigenvalue weighted by atomic mass is 9.79. The molecule has 0 spiro atoms. The molecule has 0 amide bonds. The van der Waals surface area contributed by atoms with Crippen LogP contribution in [0.25, 0.3) is 0 Å². The highest BCUT2D eigenvalue weighted by Crippen LogP contribution is 2.45. The van der Waals surface area contributed by atoms with Gasteiger partial charge in [0.15, 0.2) is 11.5 Å². The summed E-state index contributed by atoms with van der Waals surface area (Å²) in [6, 6.07) is 2.84. The number of hydrogen-bond donors (Lipinski definition) is 2. The van der Waals surface area contributed by atoms with Crippen molar-refractivity contribution in [2.75, 3.05) is 33.3 Å². The molecule has 3 rings (SSSR count). The summed E-state index contributed by atoms with van der Waals surface area (Å²) in [5.74, 6) is 0.631. The lowest BCUT2D eigenvalue weighted by Gasteiger charge is -2.41. The molecule has 1 aromatic carbocycles. The van der Waals surface area contributed by atoms with Crippen molar-refractivity contribution in [2.24, 2.45) is 5.92 Å². The van der Waals surface area contributed by atoms with E-state index in [2.05, 4.69) is 10.2 Å². The Bertz CT molecular complexity index is 593. The smallest absolute Gasteiger partial charge is 0.273 e. The molecule has 7 nitrogen and oxygen atoms in total. The van der Waals surface area contributed by atoms with Gasteiger partial charge >= 0.3 is 0 Å². The van der Waals surface area contributed by atoms with Crippen molar-refractivity contribution in [3.8, 4) is 11.5 Å².